The molecule has 1 aliphatic rings. The molecule has 0 aliphatic carbocycles. The molecule has 2 amide bonds. The maximum atomic E-state index is 13.0. The van der Waals surface area contributed by atoms with Gasteiger partial charge in [0.15, 0.2) is 0 Å². The van der Waals surface area contributed by atoms with Crippen LogP contribution in [-0.2, 0) is 9.59 Å². The summed E-state index contributed by atoms with van der Waals surface area (Å²) in [5.74, 6) is -0.472. The Kier molecular flexibility index (Phi) is 4.55. The van der Waals surface area contributed by atoms with Crippen molar-refractivity contribution in [3.63, 3.8) is 0 Å². The Bertz CT molecular complexity index is 991. The van der Waals surface area contributed by atoms with Gasteiger partial charge in [0.25, 0.3) is 11.8 Å². The highest BCUT2D eigenvalue weighted by Crippen LogP contribution is 2.29. The lowest BCUT2D eigenvalue weighted by atomic mass is 9.95. The van der Waals surface area contributed by atoms with Gasteiger partial charge in [-0.25, -0.2) is 4.39 Å². The monoisotopic (exact) mass is 350 g/mol. The topological polar surface area (TPSA) is 74.3 Å². The summed E-state index contributed by atoms with van der Waals surface area (Å²) >= 11 is 0. The summed E-state index contributed by atoms with van der Waals surface area (Å²) in [5.41, 5.74) is 1.21. The van der Waals surface area contributed by atoms with Gasteiger partial charge < -0.3 is 4.42 Å². The van der Waals surface area contributed by atoms with Crippen molar-refractivity contribution in [2.45, 2.75) is 13.8 Å². The van der Waals surface area contributed by atoms with E-state index >= 15 is 0 Å². The second-order valence-electron chi connectivity index (χ2n) is 5.73. The molecule has 130 valence electrons. The van der Waals surface area contributed by atoms with Crippen molar-refractivity contribution in [1.82, 2.24) is 4.90 Å². The molecule has 0 radical (unpaired) electrons. The van der Waals surface area contributed by atoms with E-state index in [0.29, 0.717) is 22.7 Å². The van der Waals surface area contributed by atoms with Crippen molar-refractivity contribution in [2.75, 3.05) is 6.54 Å². The molecule has 2 heterocycles. The van der Waals surface area contributed by atoms with Gasteiger partial charge in [-0.1, -0.05) is 0 Å². The van der Waals surface area contributed by atoms with Gasteiger partial charge >= 0.3 is 0 Å². The zero-order valence-corrected chi connectivity index (χ0v) is 14.2. The van der Waals surface area contributed by atoms with Crippen LogP contribution in [0, 0.1) is 17.1 Å². The van der Waals surface area contributed by atoms with E-state index in [9.17, 15) is 19.2 Å². The number of halogens is 1. The number of nitrogens with zero attached hydrogens (tertiary/aromatic N) is 2. The summed E-state index contributed by atoms with van der Waals surface area (Å²) < 4.78 is 18.7. The van der Waals surface area contributed by atoms with Crippen LogP contribution in [0.25, 0.3) is 17.4 Å². The second-order valence-corrected chi connectivity index (χ2v) is 5.73. The van der Waals surface area contributed by atoms with E-state index in [-0.39, 0.29) is 23.5 Å². The zero-order chi connectivity index (χ0) is 18.8. The fourth-order valence-electron chi connectivity index (χ4n) is 2.76. The number of imide groups is 1. The molecule has 0 bridgehead atoms. The van der Waals surface area contributed by atoms with Crippen LogP contribution in [-0.4, -0.2) is 23.3 Å². The molecule has 5 nitrogen and oxygen atoms in total. The van der Waals surface area contributed by atoms with Crippen LogP contribution in [0.2, 0.25) is 0 Å². The number of likely N-dealkylation sites (N-methyl/N-ethyl adjacent to an activating group) is 1. The van der Waals surface area contributed by atoms with Crippen LogP contribution in [0.4, 0.5) is 4.39 Å². The minimum Gasteiger partial charge on any atom is -0.457 e. The fraction of sp³-hybridized carbons (Fsp3) is 0.150. The predicted octanol–water partition coefficient (Wildman–Crippen LogP) is 3.70. The molecular formula is C20H15FN2O3. The Hall–Kier alpha value is -3.46. The number of hydrogen-bond acceptors (Lipinski definition) is 4. The van der Waals surface area contributed by atoms with E-state index in [4.69, 9.17) is 4.42 Å². The van der Waals surface area contributed by atoms with Crippen molar-refractivity contribution >= 4 is 17.9 Å². The molecule has 0 spiro atoms. The maximum absolute atomic E-state index is 13.0. The van der Waals surface area contributed by atoms with E-state index in [1.165, 1.54) is 18.2 Å². The summed E-state index contributed by atoms with van der Waals surface area (Å²) in [6.07, 6.45) is 1.51. The van der Waals surface area contributed by atoms with Gasteiger partial charge in [-0.3, -0.25) is 14.5 Å². The van der Waals surface area contributed by atoms with E-state index < -0.39 is 11.8 Å². The zero-order valence-electron chi connectivity index (χ0n) is 14.2. The Balaban J connectivity index is 2.02. The molecular weight excluding hydrogens is 335 g/mol. The SMILES string of the molecule is CCN1C(=O)C(C#N)=C(C)/C(=C\c2ccc(-c3ccc(F)cc3)o2)C1=O. The summed E-state index contributed by atoms with van der Waals surface area (Å²) in [4.78, 5) is 25.8. The van der Waals surface area contributed by atoms with E-state index in [2.05, 4.69) is 0 Å². The van der Waals surface area contributed by atoms with Crippen LogP contribution < -0.4 is 0 Å². The van der Waals surface area contributed by atoms with Gasteiger partial charge in [-0.05, 0) is 61.9 Å². The van der Waals surface area contributed by atoms with E-state index in [1.54, 1.807) is 38.1 Å². The fourth-order valence-corrected chi connectivity index (χ4v) is 2.76. The van der Waals surface area contributed by atoms with Gasteiger partial charge in [0, 0.05) is 17.7 Å². The van der Waals surface area contributed by atoms with Crippen LogP contribution in [0.3, 0.4) is 0 Å². The van der Waals surface area contributed by atoms with Crippen LogP contribution in [0.1, 0.15) is 19.6 Å². The average molecular weight is 350 g/mol. The van der Waals surface area contributed by atoms with Crippen molar-refractivity contribution in [1.29, 1.82) is 5.26 Å². The number of carbonyl (C=O) groups is 2. The molecule has 2 aromatic rings. The Morgan fingerprint density at radius 3 is 2.46 bits per heavy atom. The van der Waals surface area contributed by atoms with Gasteiger partial charge in [0.1, 0.15) is 29.0 Å². The number of carbonyl (C=O) groups excluding carboxylic acids is 2. The summed E-state index contributed by atoms with van der Waals surface area (Å²) in [6.45, 7) is 3.41. The lowest BCUT2D eigenvalue weighted by molar-refractivity contribution is -0.140. The third kappa shape index (κ3) is 2.95. The van der Waals surface area contributed by atoms with Crippen molar-refractivity contribution in [3.05, 3.63) is 64.7 Å². The number of amides is 2. The lowest BCUT2D eigenvalue weighted by Crippen LogP contribution is -2.42. The van der Waals surface area contributed by atoms with E-state index in [1.807, 2.05) is 6.07 Å². The second kappa shape index (κ2) is 6.81. The minimum atomic E-state index is -0.582. The first-order chi connectivity index (χ1) is 12.5. The molecule has 1 aliphatic heterocycles. The Morgan fingerprint density at radius 2 is 1.85 bits per heavy atom. The first-order valence-electron chi connectivity index (χ1n) is 8.01. The van der Waals surface area contributed by atoms with Crippen LogP contribution in [0.5, 0.6) is 0 Å². The van der Waals surface area contributed by atoms with Crippen LogP contribution >= 0.6 is 0 Å². The normalized spacial score (nSPS) is 16.4. The van der Waals surface area contributed by atoms with Gasteiger partial charge in [0.05, 0.1) is 0 Å². The van der Waals surface area contributed by atoms with Crippen molar-refractivity contribution in [3.8, 4) is 17.4 Å². The third-order valence-electron chi connectivity index (χ3n) is 4.18. The maximum Gasteiger partial charge on any atom is 0.271 e. The summed E-state index contributed by atoms with van der Waals surface area (Å²) in [6, 6.07) is 11.1. The molecule has 0 saturated heterocycles. The highest BCUT2D eigenvalue weighted by Gasteiger charge is 2.34. The van der Waals surface area contributed by atoms with E-state index in [0.717, 1.165) is 4.90 Å². The first kappa shape index (κ1) is 17.4. The number of rotatable bonds is 3. The summed E-state index contributed by atoms with van der Waals surface area (Å²) in [7, 11) is 0. The average Bonchev–Trinajstić information content (AvgIpc) is 3.09. The smallest absolute Gasteiger partial charge is 0.271 e. The van der Waals surface area contributed by atoms with Gasteiger partial charge in [-0.2, -0.15) is 5.26 Å². The number of benzene rings is 1. The molecule has 6 heteroatoms. The first-order valence-corrected chi connectivity index (χ1v) is 8.01. The van der Waals surface area contributed by atoms with Crippen molar-refractivity contribution < 1.29 is 18.4 Å². The highest BCUT2D eigenvalue weighted by molar-refractivity contribution is 6.19. The molecule has 26 heavy (non-hydrogen) atoms. The quantitative estimate of drug-likeness (QED) is 0.625. The molecule has 3 rings (SSSR count). The number of hydrogen-bond donors (Lipinski definition) is 0. The Morgan fingerprint density at radius 1 is 1.15 bits per heavy atom. The lowest BCUT2D eigenvalue weighted by Gasteiger charge is -2.25. The summed E-state index contributed by atoms with van der Waals surface area (Å²) in [5, 5.41) is 9.24. The molecule has 0 unspecified atom stereocenters. The molecule has 1 aromatic carbocycles. The number of nitriles is 1. The van der Waals surface area contributed by atoms with Gasteiger partial charge in [-0.15, -0.1) is 0 Å². The predicted molar refractivity (Wildman–Crippen MR) is 92.8 cm³/mol. The standard InChI is InChI=1S/C20H15FN2O3/c1-3-23-19(24)16(12(2)17(11-22)20(23)25)10-15-8-9-18(26-15)13-4-6-14(21)7-5-13/h4-10H,3H2,1-2H3/b16-10+. The number of furan rings is 1. The molecule has 1 aromatic heterocycles. The third-order valence-corrected chi connectivity index (χ3v) is 4.18. The van der Waals surface area contributed by atoms with Gasteiger partial charge in [0.2, 0.25) is 0 Å². The molecule has 0 atom stereocenters. The van der Waals surface area contributed by atoms with Crippen LogP contribution in [0.15, 0.2) is 57.5 Å². The molecule has 0 saturated carbocycles. The molecule has 0 N–H and O–H groups in total. The Labute approximate surface area is 149 Å². The largest absolute Gasteiger partial charge is 0.457 e. The minimum absolute atomic E-state index is 0.0528. The highest BCUT2D eigenvalue weighted by atomic mass is 19.1. The van der Waals surface area contributed by atoms with Crippen molar-refractivity contribution in [2.24, 2.45) is 0 Å². The molecule has 0 fully saturated rings.